The molecule has 106 valence electrons. The van der Waals surface area contributed by atoms with Gasteiger partial charge in [0.25, 0.3) is 0 Å². The van der Waals surface area contributed by atoms with Crippen molar-refractivity contribution in [2.75, 3.05) is 5.32 Å². The Bertz CT molecular complexity index is 732. The monoisotopic (exact) mass is 278 g/mol. The molecule has 0 amide bonds. The molecule has 0 atom stereocenters. The fraction of sp³-hybridized carbons (Fsp3) is 0.176. The van der Waals surface area contributed by atoms with Gasteiger partial charge in [0.1, 0.15) is 12.7 Å². The zero-order valence-electron chi connectivity index (χ0n) is 12.2. The van der Waals surface area contributed by atoms with Gasteiger partial charge in [-0.05, 0) is 43.2 Å². The van der Waals surface area contributed by atoms with Crippen molar-refractivity contribution in [3.8, 4) is 5.69 Å². The summed E-state index contributed by atoms with van der Waals surface area (Å²) in [6.45, 7) is 5.08. The fourth-order valence-electron chi connectivity index (χ4n) is 2.30. The fourth-order valence-corrected chi connectivity index (χ4v) is 2.30. The number of anilines is 1. The Morgan fingerprint density at radius 1 is 1.00 bits per heavy atom. The first-order chi connectivity index (χ1) is 10.2. The van der Waals surface area contributed by atoms with Gasteiger partial charge in [-0.15, -0.1) is 10.2 Å². The predicted octanol–water partition coefficient (Wildman–Crippen LogP) is 3.50. The Hall–Kier alpha value is -2.62. The first-order valence-corrected chi connectivity index (χ1v) is 6.97. The van der Waals surface area contributed by atoms with Crippen LogP contribution >= 0.6 is 0 Å². The third kappa shape index (κ3) is 3.11. The van der Waals surface area contributed by atoms with Crippen LogP contribution in [0, 0.1) is 13.8 Å². The first-order valence-electron chi connectivity index (χ1n) is 6.97. The van der Waals surface area contributed by atoms with Crippen LogP contribution in [-0.2, 0) is 6.54 Å². The zero-order chi connectivity index (χ0) is 14.7. The quantitative estimate of drug-likeness (QED) is 0.794. The average Bonchev–Trinajstić information content (AvgIpc) is 3.03. The second kappa shape index (κ2) is 5.79. The van der Waals surface area contributed by atoms with Crippen molar-refractivity contribution in [1.82, 2.24) is 14.8 Å². The lowest BCUT2D eigenvalue weighted by molar-refractivity contribution is 1.05. The summed E-state index contributed by atoms with van der Waals surface area (Å²) in [4.78, 5) is 0. The first kappa shape index (κ1) is 13.4. The minimum atomic E-state index is 0.819. The Balaban J connectivity index is 1.76. The Kier molecular flexibility index (Phi) is 3.69. The highest BCUT2D eigenvalue weighted by Gasteiger charge is 2.01. The van der Waals surface area contributed by atoms with Crippen molar-refractivity contribution in [2.45, 2.75) is 20.4 Å². The second-order valence-corrected chi connectivity index (χ2v) is 5.20. The van der Waals surface area contributed by atoms with E-state index >= 15 is 0 Å². The minimum absolute atomic E-state index is 0.819. The van der Waals surface area contributed by atoms with Gasteiger partial charge >= 0.3 is 0 Å². The van der Waals surface area contributed by atoms with Crippen molar-refractivity contribution in [1.29, 1.82) is 0 Å². The number of hydrogen-bond donors (Lipinski definition) is 1. The summed E-state index contributed by atoms with van der Waals surface area (Å²) < 4.78 is 1.89. The van der Waals surface area contributed by atoms with E-state index in [1.165, 1.54) is 16.7 Å². The van der Waals surface area contributed by atoms with Crippen LogP contribution in [0.1, 0.15) is 16.7 Å². The Morgan fingerprint density at radius 2 is 1.81 bits per heavy atom. The molecule has 21 heavy (non-hydrogen) atoms. The molecule has 0 aliphatic rings. The van der Waals surface area contributed by atoms with Crippen molar-refractivity contribution in [2.24, 2.45) is 0 Å². The summed E-state index contributed by atoms with van der Waals surface area (Å²) in [6, 6.07) is 14.8. The van der Waals surface area contributed by atoms with Crippen LogP contribution < -0.4 is 5.32 Å². The van der Waals surface area contributed by atoms with Gasteiger partial charge in [-0.2, -0.15) is 0 Å². The third-order valence-corrected chi connectivity index (χ3v) is 3.55. The standard InChI is InChI=1S/C17H18N4/c1-13-6-7-14(2)15(8-13)10-18-16-4-3-5-17(9-16)21-11-19-20-12-21/h3-9,11-12,18H,10H2,1-2H3. The molecular weight excluding hydrogens is 260 g/mol. The maximum Gasteiger partial charge on any atom is 0.123 e. The van der Waals surface area contributed by atoms with E-state index in [1.807, 2.05) is 16.7 Å². The van der Waals surface area contributed by atoms with Gasteiger partial charge in [0.05, 0.1) is 5.69 Å². The largest absolute Gasteiger partial charge is 0.381 e. The molecule has 0 saturated carbocycles. The molecular formula is C17H18N4. The van der Waals surface area contributed by atoms with Crippen LogP contribution in [0.2, 0.25) is 0 Å². The second-order valence-electron chi connectivity index (χ2n) is 5.20. The van der Waals surface area contributed by atoms with Crippen LogP contribution in [0.25, 0.3) is 5.69 Å². The summed E-state index contributed by atoms with van der Waals surface area (Å²) in [5, 5.41) is 11.1. The molecule has 0 radical (unpaired) electrons. The van der Waals surface area contributed by atoms with Crippen molar-refractivity contribution in [3.05, 3.63) is 71.8 Å². The number of rotatable bonds is 4. The van der Waals surface area contributed by atoms with E-state index in [4.69, 9.17) is 0 Å². The van der Waals surface area contributed by atoms with Crippen molar-refractivity contribution >= 4 is 5.69 Å². The number of aromatic nitrogens is 3. The summed E-state index contributed by atoms with van der Waals surface area (Å²) in [5.74, 6) is 0. The highest BCUT2D eigenvalue weighted by atomic mass is 15.2. The Morgan fingerprint density at radius 3 is 2.62 bits per heavy atom. The summed E-state index contributed by atoms with van der Waals surface area (Å²) in [7, 11) is 0. The SMILES string of the molecule is Cc1ccc(C)c(CNc2cccc(-n3cnnc3)c2)c1. The number of nitrogens with one attached hydrogen (secondary N) is 1. The van der Waals surface area contributed by atoms with E-state index in [2.05, 4.69) is 59.7 Å². The summed E-state index contributed by atoms with van der Waals surface area (Å²) in [5.41, 5.74) is 6.05. The molecule has 4 nitrogen and oxygen atoms in total. The van der Waals surface area contributed by atoms with Crippen LogP contribution in [0.5, 0.6) is 0 Å². The molecule has 3 aromatic rings. The lowest BCUT2D eigenvalue weighted by Crippen LogP contribution is -2.02. The minimum Gasteiger partial charge on any atom is -0.381 e. The lowest BCUT2D eigenvalue weighted by Gasteiger charge is -2.11. The molecule has 0 spiro atoms. The van der Waals surface area contributed by atoms with Gasteiger partial charge in [0, 0.05) is 12.2 Å². The van der Waals surface area contributed by atoms with Gasteiger partial charge in [0.2, 0.25) is 0 Å². The molecule has 0 aliphatic carbocycles. The highest BCUT2D eigenvalue weighted by molar-refractivity contribution is 5.51. The molecule has 4 heteroatoms. The number of benzene rings is 2. The van der Waals surface area contributed by atoms with Crippen LogP contribution in [-0.4, -0.2) is 14.8 Å². The van der Waals surface area contributed by atoms with Crippen LogP contribution in [0.15, 0.2) is 55.1 Å². The molecule has 0 aliphatic heterocycles. The molecule has 1 aromatic heterocycles. The molecule has 0 unspecified atom stereocenters. The van der Waals surface area contributed by atoms with E-state index in [9.17, 15) is 0 Å². The molecule has 1 N–H and O–H groups in total. The van der Waals surface area contributed by atoms with E-state index in [1.54, 1.807) is 12.7 Å². The lowest BCUT2D eigenvalue weighted by atomic mass is 10.1. The maximum absolute atomic E-state index is 3.84. The normalized spacial score (nSPS) is 10.6. The summed E-state index contributed by atoms with van der Waals surface area (Å²) >= 11 is 0. The summed E-state index contributed by atoms with van der Waals surface area (Å²) in [6.07, 6.45) is 3.40. The zero-order valence-corrected chi connectivity index (χ0v) is 12.2. The van der Waals surface area contributed by atoms with Gasteiger partial charge in [0.15, 0.2) is 0 Å². The van der Waals surface area contributed by atoms with Gasteiger partial charge < -0.3 is 5.32 Å². The number of nitrogens with zero attached hydrogens (tertiary/aromatic N) is 3. The number of aryl methyl sites for hydroxylation is 2. The Labute approximate surface area is 124 Å². The third-order valence-electron chi connectivity index (χ3n) is 3.55. The molecule has 0 bridgehead atoms. The molecule has 1 heterocycles. The van der Waals surface area contributed by atoms with E-state index in [-0.39, 0.29) is 0 Å². The van der Waals surface area contributed by atoms with Crippen molar-refractivity contribution < 1.29 is 0 Å². The highest BCUT2D eigenvalue weighted by Crippen LogP contribution is 2.17. The smallest absolute Gasteiger partial charge is 0.123 e. The van der Waals surface area contributed by atoms with E-state index in [0.717, 1.165) is 17.9 Å². The average molecular weight is 278 g/mol. The van der Waals surface area contributed by atoms with E-state index < -0.39 is 0 Å². The van der Waals surface area contributed by atoms with Crippen molar-refractivity contribution in [3.63, 3.8) is 0 Å². The molecule has 0 fully saturated rings. The predicted molar refractivity (Wildman–Crippen MR) is 84.6 cm³/mol. The van der Waals surface area contributed by atoms with E-state index in [0.29, 0.717) is 0 Å². The van der Waals surface area contributed by atoms with Crippen LogP contribution in [0.4, 0.5) is 5.69 Å². The topological polar surface area (TPSA) is 42.7 Å². The van der Waals surface area contributed by atoms with Gasteiger partial charge in [-0.25, -0.2) is 0 Å². The number of hydrogen-bond acceptors (Lipinski definition) is 3. The van der Waals surface area contributed by atoms with Gasteiger partial charge in [-0.3, -0.25) is 4.57 Å². The van der Waals surface area contributed by atoms with Crippen LogP contribution in [0.3, 0.4) is 0 Å². The maximum atomic E-state index is 3.84. The molecule has 0 saturated heterocycles. The molecule has 2 aromatic carbocycles. The van der Waals surface area contributed by atoms with Gasteiger partial charge in [-0.1, -0.05) is 29.8 Å². The molecule has 3 rings (SSSR count).